The molecule has 1 aromatic carbocycles. The monoisotopic (exact) mass is 506 g/mol. The molecular weight excluding hydrogens is 467 g/mol. The molecule has 3 aromatic rings. The van der Waals surface area contributed by atoms with Crippen LogP contribution < -0.4 is 0 Å². The molecule has 0 bridgehead atoms. The predicted octanol–water partition coefficient (Wildman–Crippen LogP) is 5.24. The minimum atomic E-state index is -0.411. The van der Waals surface area contributed by atoms with Crippen LogP contribution in [0.5, 0.6) is 0 Å². The number of fused-ring (bicyclic) bond motifs is 1. The van der Waals surface area contributed by atoms with E-state index in [4.69, 9.17) is 4.74 Å². The zero-order valence-corrected chi connectivity index (χ0v) is 22.5. The molecule has 0 unspecified atom stereocenters. The van der Waals surface area contributed by atoms with Gasteiger partial charge >= 0.3 is 0 Å². The van der Waals surface area contributed by atoms with E-state index in [1.807, 2.05) is 30.8 Å². The second-order valence-corrected chi connectivity index (χ2v) is 11.2. The first-order valence-corrected chi connectivity index (χ1v) is 13.6. The van der Waals surface area contributed by atoms with Gasteiger partial charge in [0.05, 0.1) is 23.0 Å². The summed E-state index contributed by atoms with van der Waals surface area (Å²) in [6, 6.07) is 4.52. The van der Waals surface area contributed by atoms with Crippen molar-refractivity contribution in [2.45, 2.75) is 52.5 Å². The van der Waals surface area contributed by atoms with Gasteiger partial charge in [-0.2, -0.15) is 0 Å². The maximum atomic E-state index is 14.3. The minimum Gasteiger partial charge on any atom is -0.381 e. The van der Waals surface area contributed by atoms with Gasteiger partial charge in [0.15, 0.2) is 0 Å². The molecule has 198 valence electrons. The zero-order valence-electron chi connectivity index (χ0n) is 22.5. The summed E-state index contributed by atoms with van der Waals surface area (Å²) in [5.74, 6) is 0.743. The van der Waals surface area contributed by atoms with Gasteiger partial charge in [-0.1, -0.05) is 0 Å². The lowest BCUT2D eigenvalue weighted by Gasteiger charge is -2.27. The maximum Gasteiger partial charge on any atom is 0.256 e. The number of hydrogen-bond acceptors (Lipinski definition) is 4. The van der Waals surface area contributed by atoms with E-state index in [2.05, 4.69) is 23.0 Å². The fraction of sp³-hybridized carbons (Fsp3) is 0.533. The number of aromatic nitrogens is 2. The molecule has 0 N–H and O–H groups in total. The number of pyridine rings is 1. The molecule has 2 aromatic heterocycles. The Balaban J connectivity index is 1.45. The van der Waals surface area contributed by atoms with Crippen LogP contribution in [-0.2, 0) is 11.2 Å². The van der Waals surface area contributed by atoms with Gasteiger partial charge in [-0.15, -0.1) is 0 Å². The van der Waals surface area contributed by atoms with Gasteiger partial charge in [0.25, 0.3) is 5.91 Å². The number of amides is 1. The van der Waals surface area contributed by atoms with Crippen LogP contribution in [0, 0.1) is 24.6 Å². The van der Waals surface area contributed by atoms with Crippen molar-refractivity contribution < 1.29 is 13.9 Å². The van der Waals surface area contributed by atoms with Crippen molar-refractivity contribution in [2.24, 2.45) is 11.8 Å². The van der Waals surface area contributed by atoms with Gasteiger partial charge in [0, 0.05) is 57.2 Å². The predicted molar refractivity (Wildman–Crippen MR) is 145 cm³/mol. The van der Waals surface area contributed by atoms with Crippen molar-refractivity contribution in [3.05, 3.63) is 59.3 Å². The van der Waals surface area contributed by atoms with Crippen LogP contribution in [0.1, 0.15) is 54.6 Å². The lowest BCUT2D eigenvalue weighted by atomic mass is 9.97. The van der Waals surface area contributed by atoms with Gasteiger partial charge in [-0.3, -0.25) is 9.78 Å². The molecule has 2 aliphatic rings. The number of aryl methyl sites for hydroxylation is 1. The molecule has 5 rings (SSSR count). The number of nitrogens with zero attached hydrogens (tertiary/aromatic N) is 4. The van der Waals surface area contributed by atoms with Gasteiger partial charge in [0.1, 0.15) is 5.82 Å². The maximum absolute atomic E-state index is 14.3. The van der Waals surface area contributed by atoms with Crippen LogP contribution in [0.25, 0.3) is 16.6 Å². The topological polar surface area (TPSA) is 50.6 Å². The van der Waals surface area contributed by atoms with E-state index >= 15 is 0 Å². The van der Waals surface area contributed by atoms with Crippen molar-refractivity contribution in [3.8, 4) is 5.69 Å². The molecule has 4 heterocycles. The lowest BCUT2D eigenvalue weighted by molar-refractivity contribution is 0.0551. The van der Waals surface area contributed by atoms with E-state index in [0.29, 0.717) is 17.2 Å². The largest absolute Gasteiger partial charge is 0.381 e. The third-order valence-electron chi connectivity index (χ3n) is 8.26. The molecule has 37 heavy (non-hydrogen) atoms. The van der Waals surface area contributed by atoms with Crippen LogP contribution in [0.2, 0.25) is 0 Å². The van der Waals surface area contributed by atoms with Crippen molar-refractivity contribution in [1.29, 1.82) is 0 Å². The SMILES string of the molecule is Cc1cncc2c1c(C[C@H]1CCN(CC3CCOCC3)C1)cn2-c1ccc(F)cc1C(=O)N(C)C(C)C. The highest BCUT2D eigenvalue weighted by Crippen LogP contribution is 2.33. The van der Waals surface area contributed by atoms with Gasteiger partial charge in [-0.25, -0.2) is 4.39 Å². The van der Waals surface area contributed by atoms with Gasteiger partial charge in [-0.05, 0) is 94.2 Å². The highest BCUT2D eigenvalue weighted by atomic mass is 19.1. The zero-order chi connectivity index (χ0) is 26.1. The fourth-order valence-corrected chi connectivity index (χ4v) is 5.96. The molecule has 2 fully saturated rings. The fourth-order valence-electron chi connectivity index (χ4n) is 5.96. The standard InChI is InChI=1S/C30H39FN4O2/c1-20(2)33(4)30(36)26-14-25(31)5-6-27(26)35-19-24(29-21(3)15-32-16-28(29)35)13-23-7-10-34(18-23)17-22-8-11-37-12-9-22/h5-6,14-16,19-20,22-23H,7-13,17-18H2,1-4H3/t23-/m1/s1. The molecule has 0 saturated carbocycles. The molecule has 0 radical (unpaired) electrons. The second kappa shape index (κ2) is 10.9. The van der Waals surface area contributed by atoms with Crippen LogP contribution in [0.15, 0.2) is 36.8 Å². The lowest BCUT2D eigenvalue weighted by Crippen LogP contribution is -2.33. The van der Waals surface area contributed by atoms with E-state index in [9.17, 15) is 9.18 Å². The number of carbonyl (C=O) groups is 1. The van der Waals surface area contributed by atoms with Gasteiger partial charge < -0.3 is 19.1 Å². The third-order valence-corrected chi connectivity index (χ3v) is 8.26. The third kappa shape index (κ3) is 5.43. The molecule has 2 aliphatic heterocycles. The number of hydrogen-bond donors (Lipinski definition) is 0. The number of halogens is 1. The van der Waals surface area contributed by atoms with Crippen LogP contribution in [-0.4, -0.2) is 71.2 Å². The molecule has 1 atom stereocenters. The van der Waals surface area contributed by atoms with E-state index in [1.54, 1.807) is 18.0 Å². The normalized spacial score (nSPS) is 19.2. The van der Waals surface area contributed by atoms with Crippen molar-refractivity contribution in [2.75, 3.05) is 39.9 Å². The molecular formula is C30H39FN4O2. The highest BCUT2D eigenvalue weighted by molar-refractivity contribution is 5.99. The first-order valence-electron chi connectivity index (χ1n) is 13.6. The number of benzene rings is 1. The summed E-state index contributed by atoms with van der Waals surface area (Å²) in [4.78, 5) is 22.1. The first kappa shape index (κ1) is 25.9. The number of carbonyl (C=O) groups excluding carboxylic acids is 1. The Labute approximate surface area is 219 Å². The Bertz CT molecular complexity index is 1260. The molecule has 6 nitrogen and oxygen atoms in total. The van der Waals surface area contributed by atoms with Crippen molar-refractivity contribution in [3.63, 3.8) is 0 Å². The molecule has 2 saturated heterocycles. The van der Waals surface area contributed by atoms with E-state index < -0.39 is 5.82 Å². The first-order chi connectivity index (χ1) is 17.8. The van der Waals surface area contributed by atoms with Crippen molar-refractivity contribution >= 4 is 16.8 Å². The average molecular weight is 507 g/mol. The second-order valence-electron chi connectivity index (χ2n) is 11.2. The summed E-state index contributed by atoms with van der Waals surface area (Å²) in [5, 5.41) is 1.19. The highest BCUT2D eigenvalue weighted by Gasteiger charge is 2.28. The van der Waals surface area contributed by atoms with E-state index in [0.717, 1.165) is 49.7 Å². The number of ether oxygens (including phenoxy) is 1. The summed E-state index contributed by atoms with van der Waals surface area (Å²) in [6.07, 6.45) is 10.4. The Morgan fingerprint density at radius 3 is 2.73 bits per heavy atom. The van der Waals surface area contributed by atoms with Crippen LogP contribution in [0.4, 0.5) is 4.39 Å². The summed E-state index contributed by atoms with van der Waals surface area (Å²) in [6.45, 7) is 11.3. The molecule has 0 spiro atoms. The van der Waals surface area contributed by atoms with E-state index in [-0.39, 0.29) is 11.9 Å². The Morgan fingerprint density at radius 1 is 1.19 bits per heavy atom. The number of likely N-dealkylation sites (tertiary alicyclic amines) is 1. The summed E-state index contributed by atoms with van der Waals surface area (Å²) >= 11 is 0. The van der Waals surface area contributed by atoms with Crippen molar-refractivity contribution in [1.82, 2.24) is 19.4 Å². The molecule has 7 heteroatoms. The molecule has 0 aliphatic carbocycles. The quantitative estimate of drug-likeness (QED) is 0.440. The van der Waals surface area contributed by atoms with Gasteiger partial charge in [0.2, 0.25) is 0 Å². The Hall–Kier alpha value is -2.77. The molecule has 1 amide bonds. The summed E-state index contributed by atoms with van der Waals surface area (Å²) in [7, 11) is 1.76. The smallest absolute Gasteiger partial charge is 0.256 e. The Morgan fingerprint density at radius 2 is 1.97 bits per heavy atom. The number of rotatable bonds is 7. The van der Waals surface area contributed by atoms with Crippen LogP contribution in [0.3, 0.4) is 0 Å². The summed E-state index contributed by atoms with van der Waals surface area (Å²) < 4.78 is 21.9. The summed E-state index contributed by atoms with van der Waals surface area (Å²) in [5.41, 5.74) is 4.41. The average Bonchev–Trinajstić information content (AvgIpc) is 3.48. The van der Waals surface area contributed by atoms with E-state index in [1.165, 1.54) is 48.9 Å². The Kier molecular flexibility index (Phi) is 7.63. The van der Waals surface area contributed by atoms with Crippen LogP contribution >= 0.6 is 0 Å². The minimum absolute atomic E-state index is 0.0101.